The van der Waals surface area contributed by atoms with Crippen molar-refractivity contribution in [3.05, 3.63) is 42.1 Å². The molecule has 4 nitrogen and oxygen atoms in total. The monoisotopic (exact) mass is 231 g/mol. The van der Waals surface area contributed by atoms with Crippen LogP contribution in [0.1, 0.15) is 5.56 Å². The summed E-state index contributed by atoms with van der Waals surface area (Å²) in [6.07, 6.45) is 3.82. The van der Waals surface area contributed by atoms with Crippen molar-refractivity contribution in [3.63, 3.8) is 0 Å². The van der Waals surface area contributed by atoms with Crippen molar-refractivity contribution in [2.45, 2.75) is 12.7 Å². The second-order valence-electron chi connectivity index (χ2n) is 3.60. The molecule has 1 aromatic carbocycles. The lowest BCUT2D eigenvalue weighted by Crippen LogP contribution is -2.25. The van der Waals surface area contributed by atoms with E-state index in [9.17, 15) is 4.79 Å². The van der Waals surface area contributed by atoms with Gasteiger partial charge in [0.05, 0.1) is 13.7 Å². The van der Waals surface area contributed by atoms with Gasteiger partial charge >= 0.3 is 0 Å². The summed E-state index contributed by atoms with van der Waals surface area (Å²) in [5, 5.41) is 0. The predicted octanol–water partition coefficient (Wildman–Crippen LogP) is 1.75. The number of methoxy groups -OCH3 is 1. The van der Waals surface area contributed by atoms with Gasteiger partial charge in [-0.25, -0.2) is 0 Å². The Labute approximate surface area is 99.6 Å². The highest BCUT2D eigenvalue weighted by Gasteiger charge is 2.16. The first-order valence-electron chi connectivity index (χ1n) is 5.28. The molecule has 0 aromatic heterocycles. The van der Waals surface area contributed by atoms with E-state index < -0.39 is 6.10 Å². The molecule has 0 fully saturated rings. The van der Waals surface area contributed by atoms with E-state index in [0.29, 0.717) is 6.61 Å². The van der Waals surface area contributed by atoms with Gasteiger partial charge in [0.2, 0.25) is 0 Å². The number of carbonyl (C=O) groups is 1. The first kappa shape index (κ1) is 11.5. The molecule has 0 spiro atoms. The molecule has 88 valence electrons. The second kappa shape index (κ2) is 5.41. The molecule has 1 aliphatic rings. The number of aliphatic imine (C=N–C) groups is 1. The van der Waals surface area contributed by atoms with Gasteiger partial charge in [-0.15, -0.1) is 0 Å². The minimum atomic E-state index is -0.567. The molecule has 0 amide bonds. The number of benzene rings is 1. The zero-order valence-electron chi connectivity index (χ0n) is 9.50. The van der Waals surface area contributed by atoms with Gasteiger partial charge in [0.25, 0.3) is 0 Å². The summed E-state index contributed by atoms with van der Waals surface area (Å²) in [4.78, 5) is 15.3. The van der Waals surface area contributed by atoms with Crippen molar-refractivity contribution in [2.24, 2.45) is 4.99 Å². The Morgan fingerprint density at radius 3 is 2.71 bits per heavy atom. The van der Waals surface area contributed by atoms with Gasteiger partial charge in [-0.2, -0.15) is 0 Å². The molecule has 1 atom stereocenters. The van der Waals surface area contributed by atoms with Crippen LogP contribution in [0, 0.1) is 0 Å². The van der Waals surface area contributed by atoms with Gasteiger partial charge in [-0.05, 0) is 17.7 Å². The normalized spacial score (nSPS) is 18.4. The van der Waals surface area contributed by atoms with Crippen LogP contribution in [0.4, 0.5) is 0 Å². The molecule has 0 N–H and O–H groups in total. The number of nitrogens with zero attached hydrogens (tertiary/aromatic N) is 1. The lowest BCUT2D eigenvalue weighted by molar-refractivity contribution is -0.122. The number of hydrogen-bond acceptors (Lipinski definition) is 4. The molecule has 1 unspecified atom stereocenters. The minimum absolute atomic E-state index is 0.0755. The molecule has 17 heavy (non-hydrogen) atoms. The molecule has 0 aliphatic carbocycles. The molecule has 0 saturated heterocycles. The molecular weight excluding hydrogens is 218 g/mol. The first-order valence-corrected chi connectivity index (χ1v) is 5.28. The van der Waals surface area contributed by atoms with Gasteiger partial charge in [0, 0.05) is 18.5 Å². The zero-order chi connectivity index (χ0) is 12.1. The van der Waals surface area contributed by atoms with E-state index in [0.717, 1.165) is 11.3 Å². The number of ether oxygens (including phenoxy) is 2. The second-order valence-corrected chi connectivity index (χ2v) is 3.60. The Bertz CT molecular complexity index is 448. The third kappa shape index (κ3) is 3.01. The average Bonchev–Trinajstić information content (AvgIpc) is 2.38. The maximum Gasteiger partial charge on any atom is 0.191 e. The zero-order valence-corrected chi connectivity index (χ0v) is 9.50. The summed E-state index contributed by atoms with van der Waals surface area (Å²) in [5.41, 5.74) is 0.988. The van der Waals surface area contributed by atoms with E-state index >= 15 is 0 Å². The third-order valence-corrected chi connectivity index (χ3v) is 2.42. The molecule has 1 heterocycles. The van der Waals surface area contributed by atoms with Crippen LogP contribution in [0.25, 0.3) is 0 Å². The summed E-state index contributed by atoms with van der Waals surface area (Å²) in [6, 6.07) is 7.52. The summed E-state index contributed by atoms with van der Waals surface area (Å²) in [6.45, 7) is 0.375. The molecule has 0 radical (unpaired) electrons. The van der Waals surface area contributed by atoms with Crippen molar-refractivity contribution < 1.29 is 14.3 Å². The summed E-state index contributed by atoms with van der Waals surface area (Å²) >= 11 is 0. The Balaban J connectivity index is 1.91. The van der Waals surface area contributed by atoms with E-state index in [1.54, 1.807) is 7.11 Å². The van der Waals surface area contributed by atoms with Crippen LogP contribution in [0.3, 0.4) is 0 Å². The molecule has 4 heteroatoms. The highest BCUT2D eigenvalue weighted by molar-refractivity contribution is 6.06. The van der Waals surface area contributed by atoms with E-state index in [1.807, 2.05) is 24.3 Å². The van der Waals surface area contributed by atoms with Crippen LogP contribution in [0.5, 0.6) is 5.75 Å². The van der Waals surface area contributed by atoms with Crippen LogP contribution in [0.15, 0.2) is 41.5 Å². The van der Waals surface area contributed by atoms with Crippen molar-refractivity contribution >= 4 is 12.0 Å². The summed E-state index contributed by atoms with van der Waals surface area (Å²) in [7, 11) is 1.62. The van der Waals surface area contributed by atoms with Crippen molar-refractivity contribution in [1.82, 2.24) is 0 Å². The van der Waals surface area contributed by atoms with Crippen LogP contribution in [0.2, 0.25) is 0 Å². The van der Waals surface area contributed by atoms with E-state index in [2.05, 4.69) is 4.99 Å². The van der Waals surface area contributed by atoms with Crippen LogP contribution < -0.4 is 4.74 Å². The topological polar surface area (TPSA) is 47.9 Å². The lowest BCUT2D eigenvalue weighted by Gasteiger charge is -2.12. The lowest BCUT2D eigenvalue weighted by atomic mass is 10.2. The van der Waals surface area contributed by atoms with Crippen LogP contribution in [-0.2, 0) is 16.1 Å². The molecule has 0 saturated carbocycles. The first-order chi connectivity index (χ1) is 8.29. The Morgan fingerprint density at radius 1 is 1.29 bits per heavy atom. The quantitative estimate of drug-likeness (QED) is 0.793. The SMILES string of the molecule is COc1ccc(COC2C=NC=CC2=O)cc1. The number of ketones is 1. The van der Waals surface area contributed by atoms with Crippen molar-refractivity contribution in [3.8, 4) is 5.75 Å². The highest BCUT2D eigenvalue weighted by Crippen LogP contribution is 2.13. The molecule has 1 aliphatic heterocycles. The fraction of sp³-hybridized carbons (Fsp3) is 0.231. The maximum atomic E-state index is 11.4. The van der Waals surface area contributed by atoms with E-state index in [-0.39, 0.29) is 5.78 Å². The van der Waals surface area contributed by atoms with Crippen LogP contribution >= 0.6 is 0 Å². The van der Waals surface area contributed by atoms with Gasteiger partial charge in [0.1, 0.15) is 5.75 Å². The van der Waals surface area contributed by atoms with Gasteiger partial charge in [-0.1, -0.05) is 12.1 Å². The van der Waals surface area contributed by atoms with E-state index in [4.69, 9.17) is 9.47 Å². The highest BCUT2D eigenvalue weighted by atomic mass is 16.5. The van der Waals surface area contributed by atoms with Crippen molar-refractivity contribution in [1.29, 1.82) is 0 Å². The third-order valence-electron chi connectivity index (χ3n) is 2.42. The minimum Gasteiger partial charge on any atom is -0.497 e. The van der Waals surface area contributed by atoms with Crippen LogP contribution in [-0.4, -0.2) is 25.2 Å². The largest absolute Gasteiger partial charge is 0.497 e. The van der Waals surface area contributed by atoms with Gasteiger partial charge < -0.3 is 9.47 Å². The fourth-order valence-electron chi connectivity index (χ4n) is 1.45. The molecule has 2 rings (SSSR count). The molecule has 1 aromatic rings. The predicted molar refractivity (Wildman–Crippen MR) is 64.2 cm³/mol. The Hall–Kier alpha value is -1.94. The summed E-state index contributed by atoms with van der Waals surface area (Å²) in [5.74, 6) is 0.723. The number of carbonyl (C=O) groups excluding carboxylic acids is 1. The molecule has 0 bridgehead atoms. The smallest absolute Gasteiger partial charge is 0.191 e. The van der Waals surface area contributed by atoms with Gasteiger partial charge in [0.15, 0.2) is 11.9 Å². The maximum absolute atomic E-state index is 11.4. The average molecular weight is 231 g/mol. The van der Waals surface area contributed by atoms with Gasteiger partial charge in [-0.3, -0.25) is 9.79 Å². The summed E-state index contributed by atoms with van der Waals surface area (Å²) < 4.78 is 10.5. The fourth-order valence-corrected chi connectivity index (χ4v) is 1.45. The van der Waals surface area contributed by atoms with E-state index in [1.165, 1.54) is 18.5 Å². The Kier molecular flexibility index (Phi) is 3.67. The van der Waals surface area contributed by atoms with Crippen molar-refractivity contribution in [2.75, 3.05) is 7.11 Å². The number of rotatable bonds is 4. The Morgan fingerprint density at radius 2 is 2.06 bits per heavy atom. The standard InChI is InChI=1S/C13H13NO3/c1-16-11-4-2-10(3-5-11)9-17-13-8-14-7-6-12(13)15/h2-8,13H,9H2,1H3. The number of hydrogen-bond donors (Lipinski definition) is 0. The molecular formula is C13H13NO3.